The number of rotatable bonds is 4. The maximum absolute atomic E-state index is 12.5. The minimum absolute atomic E-state index is 0.0173. The van der Waals surface area contributed by atoms with E-state index in [1.54, 1.807) is 38.1 Å². The lowest BCUT2D eigenvalue weighted by molar-refractivity contribution is -0.127. The predicted molar refractivity (Wildman–Crippen MR) is 99.5 cm³/mol. The summed E-state index contributed by atoms with van der Waals surface area (Å²) in [7, 11) is 0. The Morgan fingerprint density at radius 2 is 1.85 bits per heavy atom. The fraction of sp³-hybridized carbons (Fsp3) is 0.444. The second kappa shape index (κ2) is 7.55. The first-order valence-electron chi connectivity index (χ1n) is 8.45. The van der Waals surface area contributed by atoms with Crippen molar-refractivity contribution in [1.29, 1.82) is 0 Å². The van der Waals surface area contributed by atoms with E-state index in [0.717, 1.165) is 0 Å². The van der Waals surface area contributed by atoms with Crippen molar-refractivity contribution in [2.24, 2.45) is 4.99 Å². The number of hydrogen-bond donors (Lipinski definition) is 3. The van der Waals surface area contributed by atoms with E-state index in [9.17, 15) is 14.4 Å². The minimum Gasteiger partial charge on any atom is -0.350 e. The van der Waals surface area contributed by atoms with Crippen molar-refractivity contribution in [2.75, 3.05) is 5.01 Å². The zero-order valence-corrected chi connectivity index (χ0v) is 15.7. The van der Waals surface area contributed by atoms with Gasteiger partial charge in [-0.1, -0.05) is 18.2 Å². The van der Waals surface area contributed by atoms with Gasteiger partial charge >= 0.3 is 0 Å². The van der Waals surface area contributed by atoms with Crippen LogP contribution in [-0.4, -0.2) is 41.2 Å². The Morgan fingerprint density at radius 3 is 2.42 bits per heavy atom. The smallest absolute Gasteiger partial charge is 0.288 e. The van der Waals surface area contributed by atoms with Crippen LogP contribution >= 0.6 is 0 Å². The van der Waals surface area contributed by atoms with Crippen LogP contribution in [0.4, 0.5) is 5.69 Å². The molecule has 3 N–H and O–H groups in total. The highest BCUT2D eigenvalue weighted by molar-refractivity contribution is 6.39. The largest absolute Gasteiger partial charge is 0.350 e. The molecule has 26 heavy (non-hydrogen) atoms. The molecule has 0 saturated carbocycles. The monoisotopic (exact) mass is 359 g/mol. The number of nitrogens with zero attached hydrogens (tertiary/aromatic N) is 2. The van der Waals surface area contributed by atoms with E-state index < -0.39 is 23.5 Å². The SMILES string of the molecule is CC1N=C(C(=O)NC(C)C(=O)NC(C)(C)C)NN(c2ccccc2)C1=O. The highest BCUT2D eigenvalue weighted by atomic mass is 16.2. The van der Waals surface area contributed by atoms with Crippen molar-refractivity contribution in [2.45, 2.75) is 52.2 Å². The Bertz CT molecular complexity index is 724. The van der Waals surface area contributed by atoms with E-state index in [1.807, 2.05) is 26.8 Å². The van der Waals surface area contributed by atoms with Crippen molar-refractivity contribution >= 4 is 29.2 Å². The standard InChI is InChI=1S/C18H25N5O3/c1-11(15(24)21-18(3,4)5)20-16(25)14-19-12(2)17(26)23(22-14)13-9-7-6-8-10-13/h6-12H,1-5H3,(H,19,22)(H,20,25)(H,21,24). The van der Waals surface area contributed by atoms with Crippen molar-refractivity contribution in [1.82, 2.24) is 16.1 Å². The molecule has 0 aromatic heterocycles. The molecule has 0 spiro atoms. The maximum Gasteiger partial charge on any atom is 0.288 e. The fourth-order valence-corrected chi connectivity index (χ4v) is 2.31. The molecule has 1 aromatic rings. The average molecular weight is 359 g/mol. The molecule has 2 unspecified atom stereocenters. The van der Waals surface area contributed by atoms with Gasteiger partial charge in [-0.2, -0.15) is 0 Å². The van der Waals surface area contributed by atoms with Crippen LogP contribution in [0.1, 0.15) is 34.6 Å². The first kappa shape index (κ1) is 19.4. The Balaban J connectivity index is 2.10. The van der Waals surface area contributed by atoms with Crippen LogP contribution < -0.4 is 21.1 Å². The number of amides is 3. The molecule has 0 radical (unpaired) electrons. The van der Waals surface area contributed by atoms with E-state index in [0.29, 0.717) is 5.69 Å². The number of benzene rings is 1. The molecule has 8 nitrogen and oxygen atoms in total. The maximum atomic E-state index is 12.5. The van der Waals surface area contributed by atoms with Crippen LogP contribution in [0.15, 0.2) is 35.3 Å². The van der Waals surface area contributed by atoms with E-state index in [-0.39, 0.29) is 17.6 Å². The molecule has 0 saturated heterocycles. The molecule has 140 valence electrons. The summed E-state index contributed by atoms with van der Waals surface area (Å²) in [5.74, 6) is -1.14. The summed E-state index contributed by atoms with van der Waals surface area (Å²) in [6.07, 6.45) is 0. The van der Waals surface area contributed by atoms with Crippen molar-refractivity contribution in [3.63, 3.8) is 0 Å². The van der Waals surface area contributed by atoms with E-state index in [1.165, 1.54) is 5.01 Å². The normalized spacial score (nSPS) is 18.5. The van der Waals surface area contributed by atoms with Gasteiger partial charge in [0.2, 0.25) is 11.7 Å². The number of amidine groups is 1. The van der Waals surface area contributed by atoms with Crippen LogP contribution in [0, 0.1) is 0 Å². The molecular weight excluding hydrogens is 334 g/mol. The number of carbonyl (C=O) groups excluding carboxylic acids is 3. The number of carbonyl (C=O) groups is 3. The number of aliphatic imine (C=N–C) groups is 1. The van der Waals surface area contributed by atoms with Crippen molar-refractivity contribution in [3.05, 3.63) is 30.3 Å². The van der Waals surface area contributed by atoms with Gasteiger partial charge in [0.1, 0.15) is 12.1 Å². The topological polar surface area (TPSA) is 103 Å². The van der Waals surface area contributed by atoms with Crippen LogP contribution in [0.2, 0.25) is 0 Å². The van der Waals surface area contributed by atoms with Crippen molar-refractivity contribution < 1.29 is 14.4 Å². The van der Waals surface area contributed by atoms with Gasteiger partial charge in [0.05, 0.1) is 5.69 Å². The zero-order valence-electron chi connectivity index (χ0n) is 15.7. The summed E-state index contributed by atoms with van der Waals surface area (Å²) < 4.78 is 0. The van der Waals surface area contributed by atoms with Crippen LogP contribution in [0.3, 0.4) is 0 Å². The highest BCUT2D eigenvalue weighted by Crippen LogP contribution is 2.15. The second-order valence-electron chi connectivity index (χ2n) is 7.21. The van der Waals surface area contributed by atoms with Crippen LogP contribution in [0.5, 0.6) is 0 Å². The lowest BCUT2D eigenvalue weighted by Gasteiger charge is -2.31. The van der Waals surface area contributed by atoms with Gasteiger partial charge < -0.3 is 10.6 Å². The molecule has 8 heteroatoms. The summed E-state index contributed by atoms with van der Waals surface area (Å²) in [5, 5.41) is 6.68. The van der Waals surface area contributed by atoms with E-state index >= 15 is 0 Å². The number of hydrogen-bond acceptors (Lipinski definition) is 5. The fourth-order valence-electron chi connectivity index (χ4n) is 2.31. The van der Waals surface area contributed by atoms with Gasteiger partial charge in [-0.05, 0) is 46.8 Å². The van der Waals surface area contributed by atoms with Gasteiger partial charge in [0.15, 0.2) is 0 Å². The molecule has 3 amide bonds. The quantitative estimate of drug-likeness (QED) is 0.738. The molecule has 1 aromatic carbocycles. The Labute approximate surface area is 153 Å². The summed E-state index contributed by atoms with van der Waals surface area (Å²) in [5.41, 5.74) is 2.93. The number of anilines is 1. The number of hydrazine groups is 1. The highest BCUT2D eigenvalue weighted by Gasteiger charge is 2.31. The van der Waals surface area contributed by atoms with E-state index in [4.69, 9.17) is 0 Å². The summed E-state index contributed by atoms with van der Waals surface area (Å²) in [6.45, 7) is 8.78. The van der Waals surface area contributed by atoms with Gasteiger partial charge in [-0.3, -0.25) is 19.8 Å². The van der Waals surface area contributed by atoms with Gasteiger partial charge in [0.25, 0.3) is 11.8 Å². The molecule has 0 aliphatic carbocycles. The molecule has 2 rings (SSSR count). The van der Waals surface area contributed by atoms with Crippen LogP contribution in [0.25, 0.3) is 0 Å². The third kappa shape index (κ3) is 4.81. The first-order chi connectivity index (χ1) is 12.1. The average Bonchev–Trinajstić information content (AvgIpc) is 2.56. The molecule has 1 aliphatic heterocycles. The third-order valence-electron chi connectivity index (χ3n) is 3.59. The van der Waals surface area contributed by atoms with Gasteiger partial charge in [0, 0.05) is 5.54 Å². The first-order valence-corrected chi connectivity index (χ1v) is 8.45. The molecular formula is C18H25N5O3. The molecule has 0 fully saturated rings. The second-order valence-corrected chi connectivity index (χ2v) is 7.21. The zero-order chi connectivity index (χ0) is 19.5. The summed E-state index contributed by atoms with van der Waals surface area (Å²) in [6, 6.07) is 7.45. The summed E-state index contributed by atoms with van der Waals surface area (Å²) in [4.78, 5) is 41.1. The molecule has 0 bridgehead atoms. The van der Waals surface area contributed by atoms with Crippen molar-refractivity contribution in [3.8, 4) is 0 Å². The lowest BCUT2D eigenvalue weighted by atomic mass is 10.1. The van der Waals surface area contributed by atoms with Gasteiger partial charge in [-0.25, -0.2) is 10.0 Å². The Hall–Kier alpha value is -2.90. The number of para-hydroxylation sites is 1. The van der Waals surface area contributed by atoms with Gasteiger partial charge in [-0.15, -0.1) is 0 Å². The summed E-state index contributed by atoms with van der Waals surface area (Å²) >= 11 is 0. The van der Waals surface area contributed by atoms with E-state index in [2.05, 4.69) is 21.1 Å². The number of nitrogens with one attached hydrogen (secondary N) is 3. The Morgan fingerprint density at radius 1 is 1.23 bits per heavy atom. The third-order valence-corrected chi connectivity index (χ3v) is 3.59. The minimum atomic E-state index is -0.746. The van der Waals surface area contributed by atoms with Crippen LogP contribution in [-0.2, 0) is 14.4 Å². The molecule has 2 atom stereocenters. The molecule has 1 aliphatic rings. The lowest BCUT2D eigenvalue weighted by Crippen LogP contribution is -2.60. The molecule has 1 heterocycles. The predicted octanol–water partition coefficient (Wildman–Crippen LogP) is 0.744. The Kier molecular flexibility index (Phi) is 5.64.